The van der Waals surface area contributed by atoms with Crippen molar-refractivity contribution in [1.82, 2.24) is 9.97 Å². The number of hydrogen-bond acceptors (Lipinski definition) is 8. The molecular weight excluding hydrogens is 416 g/mol. The first-order valence-corrected chi connectivity index (χ1v) is 11.0. The van der Waals surface area contributed by atoms with Gasteiger partial charge >= 0.3 is 0 Å². The van der Waals surface area contributed by atoms with Gasteiger partial charge in [0.25, 0.3) is 0 Å². The molecule has 0 spiro atoms. The van der Waals surface area contributed by atoms with Crippen LogP contribution < -0.4 is 21.1 Å². The molecule has 8 nitrogen and oxygen atoms in total. The van der Waals surface area contributed by atoms with E-state index in [1.807, 2.05) is 45.0 Å². The molecular formula is C25H32N6O2. The van der Waals surface area contributed by atoms with Crippen LogP contribution in [0, 0.1) is 26.2 Å². The number of ether oxygens (including phenoxy) is 1. The zero-order valence-electron chi connectivity index (χ0n) is 20.3. The first kappa shape index (κ1) is 22.8. The molecule has 1 unspecified atom stereocenters. The Bertz CT molecular complexity index is 1220. The number of aliphatic imine (C=N–C) groups is 1. The molecule has 0 amide bonds. The molecule has 174 valence electrons. The maximum absolute atomic E-state index is 6.80. The average molecular weight is 449 g/mol. The van der Waals surface area contributed by atoms with Crippen molar-refractivity contribution in [1.29, 1.82) is 0 Å². The minimum Gasteiger partial charge on any atom is -0.496 e. The van der Waals surface area contributed by atoms with E-state index in [1.54, 1.807) is 13.3 Å². The molecule has 0 saturated carbocycles. The van der Waals surface area contributed by atoms with Crippen LogP contribution in [0.2, 0.25) is 0 Å². The highest BCUT2D eigenvalue weighted by molar-refractivity contribution is 5.94. The first-order chi connectivity index (χ1) is 15.5. The van der Waals surface area contributed by atoms with Gasteiger partial charge in [-0.1, -0.05) is 26.8 Å². The summed E-state index contributed by atoms with van der Waals surface area (Å²) >= 11 is 0. The number of oxazole rings is 1. The Labute approximate surface area is 194 Å². The lowest BCUT2D eigenvalue weighted by Gasteiger charge is -2.34. The van der Waals surface area contributed by atoms with E-state index in [0.29, 0.717) is 23.0 Å². The Balaban J connectivity index is 1.73. The molecule has 1 aliphatic rings. The summed E-state index contributed by atoms with van der Waals surface area (Å²) in [5.74, 6) is 1.46. The zero-order chi connectivity index (χ0) is 24.0. The maximum atomic E-state index is 6.80. The number of benzene rings is 1. The van der Waals surface area contributed by atoms with E-state index in [4.69, 9.17) is 19.9 Å². The SMILES string of the molecule is COc1cc(-c2oc(C)nc2C)ccc1C1(N)N=Cc2cc(C)nc(NCC(C)(C)C)c2N1. The summed E-state index contributed by atoms with van der Waals surface area (Å²) in [6, 6.07) is 7.74. The highest BCUT2D eigenvalue weighted by atomic mass is 16.5. The number of aryl methyl sites for hydroxylation is 3. The van der Waals surface area contributed by atoms with E-state index in [-0.39, 0.29) is 5.41 Å². The average Bonchev–Trinajstić information content (AvgIpc) is 3.09. The highest BCUT2D eigenvalue weighted by Gasteiger charge is 2.34. The number of hydrogen-bond donors (Lipinski definition) is 3. The van der Waals surface area contributed by atoms with Gasteiger partial charge in [-0.15, -0.1) is 0 Å². The second kappa shape index (κ2) is 8.19. The number of fused-ring (bicyclic) bond motifs is 1. The summed E-state index contributed by atoms with van der Waals surface area (Å²) in [6.07, 6.45) is 1.79. The van der Waals surface area contributed by atoms with Crippen LogP contribution in [0.4, 0.5) is 11.5 Å². The van der Waals surface area contributed by atoms with Gasteiger partial charge in [-0.2, -0.15) is 0 Å². The van der Waals surface area contributed by atoms with Gasteiger partial charge in [-0.05, 0) is 37.5 Å². The fraction of sp³-hybridized carbons (Fsp3) is 0.400. The van der Waals surface area contributed by atoms with E-state index in [1.165, 1.54) is 0 Å². The van der Waals surface area contributed by atoms with Crippen molar-refractivity contribution in [2.75, 3.05) is 24.3 Å². The van der Waals surface area contributed by atoms with Crippen LogP contribution in [0.1, 0.15) is 49.2 Å². The number of nitrogens with one attached hydrogen (secondary N) is 2. The lowest BCUT2D eigenvalue weighted by Crippen LogP contribution is -2.45. The molecule has 0 fully saturated rings. The van der Waals surface area contributed by atoms with E-state index in [0.717, 1.165) is 40.6 Å². The number of anilines is 2. The fourth-order valence-corrected chi connectivity index (χ4v) is 3.89. The lowest BCUT2D eigenvalue weighted by molar-refractivity contribution is 0.393. The van der Waals surface area contributed by atoms with Crippen LogP contribution in [-0.4, -0.2) is 29.8 Å². The third kappa shape index (κ3) is 4.57. The van der Waals surface area contributed by atoms with Gasteiger partial charge in [0.1, 0.15) is 5.75 Å². The third-order valence-electron chi connectivity index (χ3n) is 5.46. The van der Waals surface area contributed by atoms with Gasteiger partial charge in [-0.3, -0.25) is 5.73 Å². The largest absolute Gasteiger partial charge is 0.496 e. The molecule has 0 radical (unpaired) electrons. The van der Waals surface area contributed by atoms with E-state index >= 15 is 0 Å². The van der Waals surface area contributed by atoms with Crippen molar-refractivity contribution in [3.05, 3.63) is 52.7 Å². The number of methoxy groups -OCH3 is 1. The molecule has 1 aliphatic heterocycles. The Morgan fingerprint density at radius 3 is 2.55 bits per heavy atom. The smallest absolute Gasteiger partial charge is 0.212 e. The molecule has 8 heteroatoms. The molecule has 0 aliphatic carbocycles. The second-order valence-electron chi connectivity index (χ2n) is 9.70. The van der Waals surface area contributed by atoms with Gasteiger partial charge < -0.3 is 19.8 Å². The van der Waals surface area contributed by atoms with Crippen LogP contribution in [0.15, 0.2) is 33.7 Å². The van der Waals surface area contributed by atoms with Crippen molar-refractivity contribution in [3.63, 3.8) is 0 Å². The first-order valence-electron chi connectivity index (χ1n) is 11.0. The topological polar surface area (TPSA) is 111 Å². The predicted octanol–water partition coefficient (Wildman–Crippen LogP) is 4.74. The summed E-state index contributed by atoms with van der Waals surface area (Å²) in [6.45, 7) is 13.0. The van der Waals surface area contributed by atoms with Gasteiger partial charge in [0.15, 0.2) is 17.5 Å². The summed E-state index contributed by atoms with van der Waals surface area (Å²) < 4.78 is 11.5. The van der Waals surface area contributed by atoms with E-state index < -0.39 is 5.79 Å². The maximum Gasteiger partial charge on any atom is 0.212 e. The van der Waals surface area contributed by atoms with Crippen molar-refractivity contribution < 1.29 is 9.15 Å². The van der Waals surface area contributed by atoms with Crippen molar-refractivity contribution in [2.24, 2.45) is 16.1 Å². The van der Waals surface area contributed by atoms with Crippen LogP contribution in [0.5, 0.6) is 5.75 Å². The number of pyridine rings is 1. The van der Waals surface area contributed by atoms with Gasteiger partial charge in [0, 0.05) is 36.5 Å². The highest BCUT2D eigenvalue weighted by Crippen LogP contribution is 2.39. The third-order valence-corrected chi connectivity index (χ3v) is 5.46. The molecule has 3 aromatic rings. The predicted molar refractivity (Wildman–Crippen MR) is 132 cm³/mol. The zero-order valence-corrected chi connectivity index (χ0v) is 20.3. The number of nitrogens with two attached hydrogens (primary N) is 1. The summed E-state index contributed by atoms with van der Waals surface area (Å²) in [4.78, 5) is 13.7. The molecule has 1 aromatic carbocycles. The number of nitrogens with zero attached hydrogens (tertiary/aromatic N) is 3. The van der Waals surface area contributed by atoms with Crippen molar-refractivity contribution in [3.8, 4) is 17.1 Å². The molecule has 4 rings (SSSR count). The minimum absolute atomic E-state index is 0.0944. The Morgan fingerprint density at radius 1 is 1.15 bits per heavy atom. The molecule has 3 heterocycles. The molecule has 2 aromatic heterocycles. The molecule has 1 atom stereocenters. The Hall–Kier alpha value is -3.39. The normalized spacial score (nSPS) is 17.5. The van der Waals surface area contributed by atoms with E-state index in [9.17, 15) is 0 Å². The van der Waals surface area contributed by atoms with Crippen LogP contribution in [0.25, 0.3) is 11.3 Å². The molecule has 0 bridgehead atoms. The molecule has 33 heavy (non-hydrogen) atoms. The number of aromatic nitrogens is 2. The standard InChI is InChI=1S/C25H32N6O2/c1-14-10-18-12-28-25(26,31-21(18)23(29-14)27-13-24(4,5)6)19-9-8-17(11-20(19)32-7)22-15(2)30-16(3)33-22/h8-12,31H,13,26H2,1-7H3,(H,27,29). The van der Waals surface area contributed by atoms with E-state index in [2.05, 4.69) is 41.4 Å². The summed E-state index contributed by atoms with van der Waals surface area (Å²) in [5, 5.41) is 6.88. The number of rotatable bonds is 5. The lowest BCUT2D eigenvalue weighted by atomic mass is 9.97. The Kier molecular flexibility index (Phi) is 5.66. The van der Waals surface area contributed by atoms with Crippen LogP contribution in [0.3, 0.4) is 0 Å². The van der Waals surface area contributed by atoms with Gasteiger partial charge in [0.05, 0.1) is 24.1 Å². The summed E-state index contributed by atoms with van der Waals surface area (Å²) in [7, 11) is 1.62. The van der Waals surface area contributed by atoms with Crippen LogP contribution in [-0.2, 0) is 5.79 Å². The monoisotopic (exact) mass is 448 g/mol. The quantitative estimate of drug-likeness (QED) is 0.517. The fourth-order valence-electron chi connectivity index (χ4n) is 3.89. The van der Waals surface area contributed by atoms with Crippen molar-refractivity contribution in [2.45, 2.75) is 47.3 Å². The second-order valence-corrected chi connectivity index (χ2v) is 9.70. The van der Waals surface area contributed by atoms with Gasteiger partial charge in [0.2, 0.25) is 5.79 Å². The van der Waals surface area contributed by atoms with Crippen LogP contribution >= 0.6 is 0 Å². The van der Waals surface area contributed by atoms with Crippen molar-refractivity contribution >= 4 is 17.7 Å². The molecule has 0 saturated heterocycles. The molecule has 4 N–H and O–H groups in total. The summed E-state index contributed by atoms with van der Waals surface area (Å²) in [5.41, 5.74) is 11.9. The minimum atomic E-state index is -1.22. The van der Waals surface area contributed by atoms with Gasteiger partial charge in [-0.25, -0.2) is 15.0 Å². The Morgan fingerprint density at radius 2 is 1.91 bits per heavy atom.